The van der Waals surface area contributed by atoms with Crippen LogP contribution in [0.5, 0.6) is 0 Å². The summed E-state index contributed by atoms with van der Waals surface area (Å²) in [6.07, 6.45) is 1.88. The van der Waals surface area contributed by atoms with Gasteiger partial charge in [-0.05, 0) is 30.2 Å². The molecule has 21 heavy (non-hydrogen) atoms. The van der Waals surface area contributed by atoms with Crippen LogP contribution in [0, 0.1) is 0 Å². The average Bonchev–Trinajstić information content (AvgIpc) is 2.89. The second kappa shape index (κ2) is 5.05. The molecule has 7 nitrogen and oxygen atoms in total. The zero-order valence-corrected chi connectivity index (χ0v) is 11.9. The number of hydrogen-bond donors (Lipinski definition) is 1. The summed E-state index contributed by atoms with van der Waals surface area (Å²) in [7, 11) is -3.74. The van der Waals surface area contributed by atoms with Crippen molar-refractivity contribution < 1.29 is 22.7 Å². The molecule has 8 heteroatoms. The van der Waals surface area contributed by atoms with E-state index in [2.05, 4.69) is 0 Å². The summed E-state index contributed by atoms with van der Waals surface area (Å²) < 4.78 is 33.1. The third kappa shape index (κ3) is 2.59. The first-order chi connectivity index (χ1) is 9.97. The summed E-state index contributed by atoms with van der Waals surface area (Å²) in [4.78, 5) is 13.9. The average molecular weight is 310 g/mol. The highest BCUT2D eigenvalue weighted by molar-refractivity contribution is 7.89. The molecule has 0 aromatic heterocycles. The Morgan fingerprint density at radius 3 is 2.76 bits per heavy atom. The number of carbonyl (C=O) groups excluding carboxylic acids is 1. The third-order valence-electron chi connectivity index (χ3n) is 3.38. The number of ether oxygens (including phenoxy) is 2. The summed E-state index contributed by atoms with van der Waals surface area (Å²) in [5, 5.41) is 5.11. The van der Waals surface area contributed by atoms with Gasteiger partial charge in [-0.15, -0.1) is 0 Å². The molecule has 112 valence electrons. The van der Waals surface area contributed by atoms with Gasteiger partial charge in [0.25, 0.3) is 5.91 Å². The Kier molecular flexibility index (Phi) is 3.34. The maximum atomic E-state index is 12.4. The van der Waals surface area contributed by atoms with Crippen LogP contribution >= 0.6 is 0 Å². The van der Waals surface area contributed by atoms with E-state index < -0.39 is 10.0 Å². The molecule has 0 saturated heterocycles. The Hall–Kier alpha value is -2.06. The Balaban J connectivity index is 1.90. The SMILES string of the molecule is NS(=O)(=O)c1ccc2c(c1)CCN2C(=O)C1=COCCO1. The lowest BCUT2D eigenvalue weighted by atomic mass is 10.2. The lowest BCUT2D eigenvalue weighted by Crippen LogP contribution is -2.32. The van der Waals surface area contributed by atoms with Gasteiger partial charge in [0.05, 0.1) is 4.90 Å². The highest BCUT2D eigenvalue weighted by Crippen LogP contribution is 2.31. The lowest BCUT2D eigenvalue weighted by molar-refractivity contribution is -0.119. The highest BCUT2D eigenvalue weighted by Gasteiger charge is 2.29. The number of amides is 1. The van der Waals surface area contributed by atoms with Crippen LogP contribution in [-0.4, -0.2) is 34.1 Å². The Labute approximate surface area is 122 Å². The first-order valence-corrected chi connectivity index (χ1v) is 7.93. The highest BCUT2D eigenvalue weighted by atomic mass is 32.2. The second-order valence-corrected chi connectivity index (χ2v) is 6.31. The molecule has 0 aliphatic carbocycles. The van der Waals surface area contributed by atoms with E-state index in [0.717, 1.165) is 5.56 Å². The number of nitrogens with two attached hydrogens (primary N) is 1. The van der Waals surface area contributed by atoms with Gasteiger partial charge in [0.15, 0.2) is 0 Å². The first-order valence-electron chi connectivity index (χ1n) is 6.39. The van der Waals surface area contributed by atoms with Gasteiger partial charge in [-0.3, -0.25) is 4.79 Å². The van der Waals surface area contributed by atoms with Gasteiger partial charge in [-0.25, -0.2) is 13.6 Å². The van der Waals surface area contributed by atoms with Gasteiger partial charge in [0, 0.05) is 12.2 Å². The Morgan fingerprint density at radius 2 is 2.10 bits per heavy atom. The fraction of sp³-hybridized carbons (Fsp3) is 0.308. The number of benzene rings is 1. The molecule has 0 saturated carbocycles. The fourth-order valence-corrected chi connectivity index (χ4v) is 2.94. The van der Waals surface area contributed by atoms with E-state index in [0.29, 0.717) is 31.9 Å². The molecule has 0 radical (unpaired) electrons. The normalized spacial score (nSPS) is 17.6. The monoisotopic (exact) mass is 310 g/mol. The van der Waals surface area contributed by atoms with Crippen LogP contribution in [0.15, 0.2) is 35.1 Å². The van der Waals surface area contributed by atoms with Gasteiger partial charge in [0.2, 0.25) is 15.8 Å². The van der Waals surface area contributed by atoms with E-state index in [-0.39, 0.29) is 16.6 Å². The Bertz CT molecular complexity index is 726. The maximum Gasteiger partial charge on any atom is 0.296 e. The Morgan fingerprint density at radius 1 is 1.29 bits per heavy atom. The standard InChI is InChI=1S/C13H14N2O5S/c14-21(17,18)10-1-2-11-9(7-10)3-4-15(11)13(16)12-8-19-5-6-20-12/h1-2,7-8H,3-6H2,(H2,14,17,18). The van der Waals surface area contributed by atoms with E-state index in [1.165, 1.54) is 18.4 Å². The minimum Gasteiger partial charge on any atom is -0.494 e. The quantitative estimate of drug-likeness (QED) is 0.836. The van der Waals surface area contributed by atoms with Crippen LogP contribution in [0.4, 0.5) is 5.69 Å². The fourth-order valence-electron chi connectivity index (χ4n) is 2.38. The molecule has 0 unspecified atom stereocenters. The molecule has 0 bridgehead atoms. The molecule has 1 amide bonds. The first kappa shape index (κ1) is 13.9. The van der Waals surface area contributed by atoms with Crippen molar-refractivity contribution in [2.24, 2.45) is 5.14 Å². The van der Waals surface area contributed by atoms with E-state index in [1.54, 1.807) is 11.0 Å². The molecule has 2 heterocycles. The molecule has 2 aliphatic rings. The molecular formula is C13H14N2O5S. The molecule has 1 aromatic carbocycles. The van der Waals surface area contributed by atoms with Crippen molar-refractivity contribution in [1.29, 1.82) is 0 Å². The number of nitrogens with zero attached hydrogens (tertiary/aromatic N) is 1. The molecule has 2 aliphatic heterocycles. The largest absolute Gasteiger partial charge is 0.494 e. The maximum absolute atomic E-state index is 12.4. The topological polar surface area (TPSA) is 98.9 Å². The summed E-state index contributed by atoms with van der Waals surface area (Å²) >= 11 is 0. The summed E-state index contributed by atoms with van der Waals surface area (Å²) in [6, 6.07) is 4.49. The van der Waals surface area contributed by atoms with E-state index in [1.807, 2.05) is 0 Å². The molecule has 0 atom stereocenters. The van der Waals surface area contributed by atoms with E-state index in [9.17, 15) is 13.2 Å². The van der Waals surface area contributed by atoms with Gasteiger partial charge in [-0.2, -0.15) is 0 Å². The van der Waals surface area contributed by atoms with Crippen LogP contribution in [0.2, 0.25) is 0 Å². The summed E-state index contributed by atoms with van der Waals surface area (Å²) in [5.41, 5.74) is 1.44. The molecule has 1 aromatic rings. The molecule has 2 N–H and O–H groups in total. The molecule has 0 fully saturated rings. The van der Waals surface area contributed by atoms with Crippen molar-refractivity contribution in [1.82, 2.24) is 0 Å². The van der Waals surface area contributed by atoms with Gasteiger partial charge < -0.3 is 14.4 Å². The predicted octanol–water partition coefficient (Wildman–Crippen LogP) is 0.111. The number of fused-ring (bicyclic) bond motifs is 1. The molecular weight excluding hydrogens is 296 g/mol. The minimum atomic E-state index is -3.74. The van der Waals surface area contributed by atoms with Crippen LogP contribution in [0.1, 0.15) is 5.56 Å². The van der Waals surface area contributed by atoms with Gasteiger partial charge >= 0.3 is 0 Å². The van der Waals surface area contributed by atoms with Crippen molar-refractivity contribution in [2.45, 2.75) is 11.3 Å². The minimum absolute atomic E-state index is 0.0482. The van der Waals surface area contributed by atoms with E-state index in [4.69, 9.17) is 14.6 Å². The van der Waals surface area contributed by atoms with Crippen molar-refractivity contribution in [3.63, 3.8) is 0 Å². The van der Waals surface area contributed by atoms with Crippen molar-refractivity contribution in [3.05, 3.63) is 35.8 Å². The number of primary sulfonamides is 1. The number of hydrogen-bond acceptors (Lipinski definition) is 5. The zero-order chi connectivity index (χ0) is 15.0. The number of rotatable bonds is 2. The summed E-state index contributed by atoms with van der Waals surface area (Å²) in [6.45, 7) is 1.22. The van der Waals surface area contributed by atoms with Gasteiger partial charge in [-0.1, -0.05) is 0 Å². The lowest BCUT2D eigenvalue weighted by Gasteiger charge is -2.21. The van der Waals surface area contributed by atoms with Crippen LogP contribution in [0.25, 0.3) is 0 Å². The number of carbonyl (C=O) groups is 1. The van der Waals surface area contributed by atoms with Crippen LogP contribution in [-0.2, 0) is 30.7 Å². The van der Waals surface area contributed by atoms with Gasteiger partial charge in [0.1, 0.15) is 19.5 Å². The summed E-state index contributed by atoms with van der Waals surface area (Å²) in [5.74, 6) is -0.138. The van der Waals surface area contributed by atoms with Crippen molar-refractivity contribution in [3.8, 4) is 0 Å². The van der Waals surface area contributed by atoms with Crippen molar-refractivity contribution >= 4 is 21.6 Å². The predicted molar refractivity (Wildman–Crippen MR) is 73.9 cm³/mol. The van der Waals surface area contributed by atoms with Crippen molar-refractivity contribution in [2.75, 3.05) is 24.7 Å². The number of anilines is 1. The second-order valence-electron chi connectivity index (χ2n) is 4.74. The zero-order valence-electron chi connectivity index (χ0n) is 11.1. The number of sulfonamides is 1. The van der Waals surface area contributed by atoms with E-state index >= 15 is 0 Å². The van der Waals surface area contributed by atoms with Crippen LogP contribution in [0.3, 0.4) is 0 Å². The van der Waals surface area contributed by atoms with Crippen LogP contribution < -0.4 is 10.0 Å². The molecule has 0 spiro atoms. The smallest absolute Gasteiger partial charge is 0.296 e. The molecule has 3 rings (SSSR count). The third-order valence-corrected chi connectivity index (χ3v) is 4.29.